The molecule has 1 saturated heterocycles. The quantitative estimate of drug-likeness (QED) is 0.763. The molecule has 0 aromatic carbocycles. The van der Waals surface area contributed by atoms with Crippen molar-refractivity contribution in [3.05, 3.63) is 18.1 Å². The van der Waals surface area contributed by atoms with Crippen LogP contribution in [0.15, 0.2) is 18.1 Å². The molecule has 0 bridgehead atoms. The SMILES string of the molecule is [2H]c1c(N)nc(N2C([2H])([2H])C([2H])([2H])C([2H])(C([2H])([2H])[2H])C([2H])([2H])C2([2H])[2H])c([2H])c1[2H]. The number of hydrogen-bond acceptors (Lipinski definition) is 3. The van der Waals surface area contributed by atoms with Crippen LogP contribution in [0.2, 0.25) is 0 Å². The summed E-state index contributed by atoms with van der Waals surface area (Å²) in [6.45, 7) is -11.3. The van der Waals surface area contributed by atoms with Crippen molar-refractivity contribution in [3.8, 4) is 0 Å². The average Bonchev–Trinajstić information content (AvgIpc) is 2.53. The highest BCUT2D eigenvalue weighted by Crippen LogP contribution is 2.21. The van der Waals surface area contributed by atoms with Crippen LogP contribution in [0, 0.1) is 5.89 Å². The first-order valence-corrected chi connectivity index (χ1v) is 3.66. The van der Waals surface area contributed by atoms with Crippen LogP contribution >= 0.6 is 0 Å². The molecule has 76 valence electrons. The Morgan fingerprint density at radius 3 is 3.21 bits per heavy atom. The number of nitrogen functional groups attached to an aromatic ring is 1. The van der Waals surface area contributed by atoms with Crippen LogP contribution in [-0.4, -0.2) is 18.0 Å². The van der Waals surface area contributed by atoms with E-state index >= 15 is 0 Å². The number of rotatable bonds is 1. The maximum absolute atomic E-state index is 8.15. The van der Waals surface area contributed by atoms with E-state index in [-0.39, 0.29) is 4.90 Å². The van der Waals surface area contributed by atoms with Gasteiger partial charge in [0, 0.05) is 29.4 Å². The molecular weight excluding hydrogens is 174 g/mol. The van der Waals surface area contributed by atoms with E-state index in [2.05, 4.69) is 4.98 Å². The largest absolute Gasteiger partial charge is 0.384 e. The van der Waals surface area contributed by atoms with E-state index in [1.165, 1.54) is 0 Å². The van der Waals surface area contributed by atoms with Crippen molar-refractivity contribution in [3.63, 3.8) is 0 Å². The van der Waals surface area contributed by atoms with Gasteiger partial charge in [-0.15, -0.1) is 0 Å². The number of nitrogens with two attached hydrogens (primary N) is 1. The molecule has 1 aromatic heterocycles. The Labute approximate surface area is 106 Å². The smallest absolute Gasteiger partial charge is 0.130 e. The molecule has 1 aromatic rings. The van der Waals surface area contributed by atoms with E-state index in [1.54, 1.807) is 0 Å². The highest BCUT2D eigenvalue weighted by Gasteiger charge is 2.16. The molecule has 0 spiro atoms. The molecule has 2 rings (SSSR count). The summed E-state index contributed by atoms with van der Waals surface area (Å²) in [5.74, 6) is -5.74. The first kappa shape index (κ1) is 2.13. The highest BCUT2D eigenvalue weighted by molar-refractivity contribution is 5.44. The summed E-state index contributed by atoms with van der Waals surface area (Å²) in [5.41, 5.74) is 5.44. The Morgan fingerprint density at radius 1 is 1.71 bits per heavy atom. The number of anilines is 2. The fourth-order valence-corrected chi connectivity index (χ4v) is 0.816. The molecule has 1 aliphatic rings. The molecule has 0 atom stereocenters. The number of hydrogen-bond donors (Lipinski definition) is 1. The van der Waals surface area contributed by atoms with Gasteiger partial charge in [-0.1, -0.05) is 12.9 Å². The Hall–Kier alpha value is -1.25. The molecule has 14 heavy (non-hydrogen) atoms. The first-order valence-electron chi connectivity index (χ1n) is 11.2. The van der Waals surface area contributed by atoms with Crippen LogP contribution in [-0.2, 0) is 0 Å². The summed E-state index contributed by atoms with van der Waals surface area (Å²) >= 11 is 0. The predicted octanol–water partition coefficient (Wildman–Crippen LogP) is 1.90. The maximum atomic E-state index is 8.15. The van der Waals surface area contributed by atoms with Gasteiger partial charge < -0.3 is 10.6 Å². The molecule has 2 N–H and O–H groups in total. The van der Waals surface area contributed by atoms with Crippen molar-refractivity contribution >= 4 is 11.6 Å². The van der Waals surface area contributed by atoms with E-state index < -0.39 is 68.2 Å². The minimum Gasteiger partial charge on any atom is -0.384 e. The van der Waals surface area contributed by atoms with Crippen molar-refractivity contribution in [1.29, 1.82) is 0 Å². The highest BCUT2D eigenvalue weighted by atomic mass is 15.2. The number of pyridine rings is 1. The van der Waals surface area contributed by atoms with Crippen molar-refractivity contribution < 1.29 is 20.6 Å². The molecule has 1 aliphatic heterocycles. The Balaban J connectivity index is 3.00. The maximum Gasteiger partial charge on any atom is 0.130 e. The summed E-state index contributed by atoms with van der Waals surface area (Å²) in [6, 6.07) is -2.69. The topological polar surface area (TPSA) is 42.1 Å². The van der Waals surface area contributed by atoms with Crippen molar-refractivity contribution in [2.24, 2.45) is 5.89 Å². The molecule has 0 amide bonds. The fraction of sp³-hybridized carbons (Fsp3) is 0.545. The van der Waals surface area contributed by atoms with Gasteiger partial charge in [-0.05, 0) is 30.7 Å². The minimum absolute atomic E-state index is 0.241. The van der Waals surface area contributed by atoms with E-state index in [1.807, 2.05) is 0 Å². The normalized spacial score (nSPS) is 51.7. The summed E-state index contributed by atoms with van der Waals surface area (Å²) in [4.78, 5) is 3.24. The number of piperidine rings is 1. The summed E-state index contributed by atoms with van der Waals surface area (Å²) in [6.07, 6.45) is -7.74. The third kappa shape index (κ3) is 1.97. The lowest BCUT2D eigenvalue weighted by atomic mass is 9.99. The molecule has 3 heteroatoms. The molecule has 1 fully saturated rings. The Kier molecular flexibility index (Phi) is 0.588. The lowest BCUT2D eigenvalue weighted by molar-refractivity contribution is 0.436. The third-order valence-corrected chi connectivity index (χ3v) is 1.39. The van der Waals surface area contributed by atoms with Gasteiger partial charge in [-0.25, -0.2) is 4.98 Å². The average molecular weight is 206 g/mol. The molecule has 2 heterocycles. The zero-order valence-corrected chi connectivity index (χ0v) is 6.97. The number of aromatic nitrogens is 1. The second-order valence-corrected chi connectivity index (χ2v) is 2.38. The summed E-state index contributed by atoms with van der Waals surface area (Å²) in [5, 5.41) is 0. The van der Waals surface area contributed by atoms with E-state index in [4.69, 9.17) is 26.3 Å². The van der Waals surface area contributed by atoms with E-state index in [0.717, 1.165) is 0 Å². The van der Waals surface area contributed by atoms with Crippen LogP contribution in [0.5, 0.6) is 0 Å². The van der Waals surface area contributed by atoms with Gasteiger partial charge in [0.05, 0.1) is 4.11 Å². The van der Waals surface area contributed by atoms with Gasteiger partial charge in [-0.3, -0.25) is 0 Å². The van der Waals surface area contributed by atoms with Gasteiger partial charge in [0.2, 0.25) is 0 Å². The summed E-state index contributed by atoms with van der Waals surface area (Å²) in [7, 11) is 0. The van der Waals surface area contributed by atoms with Crippen LogP contribution in [0.4, 0.5) is 11.6 Å². The van der Waals surface area contributed by atoms with Crippen LogP contribution in [0.25, 0.3) is 0 Å². The Morgan fingerprint density at radius 2 is 2.50 bits per heavy atom. The van der Waals surface area contributed by atoms with Crippen LogP contribution in [0.3, 0.4) is 0 Å². The molecule has 0 aliphatic carbocycles. The second kappa shape index (κ2) is 3.86. The van der Waals surface area contributed by atoms with Crippen molar-refractivity contribution in [2.75, 3.05) is 23.6 Å². The van der Waals surface area contributed by atoms with Crippen LogP contribution in [0.1, 0.15) is 40.2 Å². The fourth-order valence-electron chi connectivity index (χ4n) is 0.816. The predicted molar refractivity (Wildman–Crippen MR) is 59.3 cm³/mol. The lowest BCUT2D eigenvalue weighted by Gasteiger charge is -2.31. The standard InChI is InChI=1S/C11H17N3/c1-9-5-7-14(8-6-9)11-4-2-3-10(12)13-11/h2-4,9H,5-8H2,1H3,(H2,12,13)/i1D3,2D,3D,4D,5D2,6D2,7D2,8D2,9D. The molecule has 0 unspecified atom stereocenters. The Bertz CT molecular complexity index is 817. The monoisotopic (exact) mass is 206 g/mol. The molecule has 0 radical (unpaired) electrons. The zero-order chi connectivity index (χ0) is 23.2. The van der Waals surface area contributed by atoms with E-state index in [0.29, 0.717) is 0 Å². The first-order chi connectivity index (χ1) is 12.6. The molecule has 3 nitrogen and oxygen atoms in total. The van der Waals surface area contributed by atoms with Gasteiger partial charge in [0.15, 0.2) is 0 Å². The van der Waals surface area contributed by atoms with Gasteiger partial charge in [0.1, 0.15) is 11.6 Å². The molecule has 0 saturated carbocycles. The minimum atomic E-state index is -3.91. The zero-order valence-electron chi connectivity index (χ0n) is 22.0. The third-order valence-electron chi connectivity index (χ3n) is 1.39. The van der Waals surface area contributed by atoms with Crippen LogP contribution < -0.4 is 10.6 Å². The summed E-state index contributed by atoms with van der Waals surface area (Å²) < 4.78 is 119. The van der Waals surface area contributed by atoms with Crippen molar-refractivity contribution in [1.82, 2.24) is 4.98 Å². The second-order valence-electron chi connectivity index (χ2n) is 2.38. The van der Waals surface area contributed by atoms with E-state index in [9.17, 15) is 0 Å². The van der Waals surface area contributed by atoms with Gasteiger partial charge >= 0.3 is 0 Å². The van der Waals surface area contributed by atoms with Gasteiger partial charge in [-0.2, -0.15) is 0 Å². The molecular formula is C11H17N3. The lowest BCUT2D eigenvalue weighted by Crippen LogP contribution is -2.33. The number of nitrogens with zero attached hydrogens (tertiary/aromatic N) is 2. The van der Waals surface area contributed by atoms with Gasteiger partial charge in [0.25, 0.3) is 0 Å². The van der Waals surface area contributed by atoms with Crippen molar-refractivity contribution in [2.45, 2.75) is 19.6 Å².